The van der Waals surface area contributed by atoms with Crippen LogP contribution in [0.4, 0.5) is 4.79 Å². The summed E-state index contributed by atoms with van der Waals surface area (Å²) in [4.78, 5) is 14.9. The molecule has 0 aromatic rings. The first kappa shape index (κ1) is 12.3. The predicted molar refractivity (Wildman–Crippen MR) is 59.9 cm³/mol. The van der Waals surface area contributed by atoms with Crippen molar-refractivity contribution in [3.8, 4) is 0 Å². The van der Waals surface area contributed by atoms with Gasteiger partial charge in [-0.05, 0) is 39.8 Å². The minimum absolute atomic E-state index is 0.246. The van der Waals surface area contributed by atoms with Gasteiger partial charge in [-0.25, -0.2) is 4.79 Å². The molecule has 1 amide bonds. The van der Waals surface area contributed by atoms with Gasteiger partial charge in [0.25, 0.3) is 0 Å². The minimum atomic E-state index is -0.246. The summed E-state index contributed by atoms with van der Waals surface area (Å²) >= 11 is 0. The molecule has 1 aliphatic rings. The van der Waals surface area contributed by atoms with Crippen molar-refractivity contribution in [2.24, 2.45) is 0 Å². The number of amides is 1. The zero-order valence-corrected chi connectivity index (χ0v) is 10.2. The summed E-state index contributed by atoms with van der Waals surface area (Å²) in [6, 6.07) is 0. The summed E-state index contributed by atoms with van der Waals surface area (Å²) in [5.74, 6) is 0. The lowest BCUT2D eigenvalue weighted by Crippen LogP contribution is -2.30. The van der Waals surface area contributed by atoms with Crippen molar-refractivity contribution in [2.45, 2.75) is 31.2 Å². The van der Waals surface area contributed by atoms with Gasteiger partial charge in [0.2, 0.25) is 0 Å². The monoisotopic (exact) mass is 214 g/mol. The van der Waals surface area contributed by atoms with Gasteiger partial charge < -0.3 is 14.5 Å². The molecule has 0 N–H and O–H groups in total. The van der Waals surface area contributed by atoms with E-state index in [1.807, 2.05) is 0 Å². The van der Waals surface area contributed by atoms with Gasteiger partial charge in [0, 0.05) is 19.6 Å². The Kier molecular flexibility index (Phi) is 3.97. The van der Waals surface area contributed by atoms with Crippen molar-refractivity contribution in [3.63, 3.8) is 0 Å². The summed E-state index contributed by atoms with van der Waals surface area (Å²) in [5.41, 5.74) is 0.407. The van der Waals surface area contributed by atoms with Gasteiger partial charge in [0.1, 0.15) is 0 Å². The first-order chi connectivity index (χ1) is 6.98. The topological polar surface area (TPSA) is 32.8 Å². The van der Waals surface area contributed by atoms with E-state index in [0.29, 0.717) is 12.1 Å². The Morgan fingerprint density at radius 2 is 1.87 bits per heavy atom. The van der Waals surface area contributed by atoms with Crippen LogP contribution < -0.4 is 0 Å². The lowest BCUT2D eigenvalue weighted by Gasteiger charge is -2.23. The van der Waals surface area contributed by atoms with Gasteiger partial charge in [-0.3, -0.25) is 0 Å². The average molecular weight is 214 g/mol. The molecular weight excluding hydrogens is 192 g/mol. The molecule has 15 heavy (non-hydrogen) atoms. The molecule has 88 valence electrons. The van der Waals surface area contributed by atoms with Crippen molar-refractivity contribution in [1.82, 2.24) is 9.80 Å². The van der Waals surface area contributed by atoms with Crippen molar-refractivity contribution < 1.29 is 9.53 Å². The van der Waals surface area contributed by atoms with Gasteiger partial charge in [-0.2, -0.15) is 0 Å². The number of hydrogen-bond donors (Lipinski definition) is 0. The van der Waals surface area contributed by atoms with Gasteiger partial charge >= 0.3 is 6.09 Å². The quantitative estimate of drug-likeness (QED) is 0.651. The summed E-state index contributed by atoms with van der Waals surface area (Å²) in [6.45, 7) is 0.534. The highest BCUT2D eigenvalue weighted by Crippen LogP contribution is 2.43. The molecule has 4 heteroatoms. The van der Waals surface area contributed by atoms with E-state index in [1.165, 1.54) is 17.7 Å². The van der Waals surface area contributed by atoms with Crippen LogP contribution in [0.1, 0.15) is 25.7 Å². The largest absolute Gasteiger partial charge is 0.449 e. The molecule has 0 aliphatic heterocycles. The Morgan fingerprint density at radius 3 is 2.27 bits per heavy atom. The van der Waals surface area contributed by atoms with E-state index in [2.05, 4.69) is 19.0 Å². The Hall–Kier alpha value is -0.770. The molecule has 0 aromatic carbocycles. The highest BCUT2D eigenvalue weighted by molar-refractivity contribution is 5.66. The molecule has 0 bridgehead atoms. The van der Waals surface area contributed by atoms with Crippen LogP contribution in [0.3, 0.4) is 0 Å². The number of hydrogen-bond acceptors (Lipinski definition) is 3. The molecule has 1 fully saturated rings. The number of ether oxygens (including phenoxy) is 1. The third kappa shape index (κ3) is 3.38. The second kappa shape index (κ2) is 4.84. The second-order valence-electron chi connectivity index (χ2n) is 4.73. The SMILES string of the molecule is CN(C)C(=O)OCCCC1(N(C)C)CC1. The van der Waals surface area contributed by atoms with E-state index in [0.717, 1.165) is 12.8 Å². The predicted octanol–water partition coefficient (Wildman–Crippen LogP) is 1.56. The summed E-state index contributed by atoms with van der Waals surface area (Å²) in [7, 11) is 7.65. The van der Waals surface area contributed by atoms with Crippen LogP contribution in [-0.4, -0.2) is 56.2 Å². The van der Waals surface area contributed by atoms with Crippen LogP contribution in [0.2, 0.25) is 0 Å². The fourth-order valence-corrected chi connectivity index (χ4v) is 1.75. The third-order valence-electron chi connectivity index (χ3n) is 3.15. The molecule has 1 rings (SSSR count). The van der Waals surface area contributed by atoms with E-state index < -0.39 is 0 Å². The van der Waals surface area contributed by atoms with Crippen LogP contribution in [0, 0.1) is 0 Å². The fourth-order valence-electron chi connectivity index (χ4n) is 1.75. The Balaban J connectivity index is 2.10. The van der Waals surface area contributed by atoms with Gasteiger partial charge in [0.05, 0.1) is 6.61 Å². The maximum Gasteiger partial charge on any atom is 0.409 e. The first-order valence-corrected chi connectivity index (χ1v) is 5.49. The third-order valence-corrected chi connectivity index (χ3v) is 3.15. The lowest BCUT2D eigenvalue weighted by molar-refractivity contribution is 0.112. The molecule has 1 saturated carbocycles. The van der Waals surface area contributed by atoms with Gasteiger partial charge in [0.15, 0.2) is 0 Å². The van der Waals surface area contributed by atoms with Gasteiger partial charge in [-0.15, -0.1) is 0 Å². The number of rotatable bonds is 5. The molecule has 0 atom stereocenters. The van der Waals surface area contributed by atoms with Crippen molar-refractivity contribution in [3.05, 3.63) is 0 Å². The molecule has 1 aliphatic carbocycles. The van der Waals surface area contributed by atoms with E-state index in [-0.39, 0.29) is 6.09 Å². The normalized spacial score (nSPS) is 17.7. The van der Waals surface area contributed by atoms with Crippen LogP contribution in [-0.2, 0) is 4.74 Å². The zero-order valence-electron chi connectivity index (χ0n) is 10.2. The standard InChI is InChI=1S/C11H22N2O2/c1-12(2)10(14)15-9-5-6-11(7-8-11)13(3)4/h5-9H2,1-4H3. The molecule has 0 unspecified atom stereocenters. The molecule has 0 heterocycles. The van der Waals surface area contributed by atoms with Crippen LogP contribution in [0.25, 0.3) is 0 Å². The average Bonchev–Trinajstić information content (AvgIpc) is 2.92. The Labute approximate surface area is 92.2 Å². The number of carbonyl (C=O) groups excluding carboxylic acids is 1. The van der Waals surface area contributed by atoms with Gasteiger partial charge in [-0.1, -0.05) is 0 Å². The van der Waals surface area contributed by atoms with E-state index in [1.54, 1.807) is 14.1 Å². The first-order valence-electron chi connectivity index (χ1n) is 5.49. The number of carbonyl (C=O) groups is 1. The van der Waals surface area contributed by atoms with Crippen molar-refractivity contribution in [1.29, 1.82) is 0 Å². The van der Waals surface area contributed by atoms with E-state index in [4.69, 9.17) is 4.74 Å². The van der Waals surface area contributed by atoms with E-state index in [9.17, 15) is 4.79 Å². The lowest BCUT2D eigenvalue weighted by atomic mass is 10.1. The van der Waals surface area contributed by atoms with Crippen LogP contribution in [0.15, 0.2) is 0 Å². The summed E-state index contributed by atoms with van der Waals surface area (Å²) < 4.78 is 5.07. The summed E-state index contributed by atoms with van der Waals surface area (Å²) in [5, 5.41) is 0. The zero-order chi connectivity index (χ0) is 11.5. The molecule has 0 saturated heterocycles. The highest BCUT2D eigenvalue weighted by Gasteiger charge is 2.43. The highest BCUT2D eigenvalue weighted by atomic mass is 16.6. The maximum atomic E-state index is 11.1. The van der Waals surface area contributed by atoms with Crippen molar-refractivity contribution >= 4 is 6.09 Å². The van der Waals surface area contributed by atoms with E-state index >= 15 is 0 Å². The maximum absolute atomic E-state index is 11.1. The second-order valence-corrected chi connectivity index (χ2v) is 4.73. The van der Waals surface area contributed by atoms with Crippen molar-refractivity contribution in [2.75, 3.05) is 34.8 Å². The molecule has 0 aromatic heterocycles. The van der Waals surface area contributed by atoms with Crippen LogP contribution in [0.5, 0.6) is 0 Å². The van der Waals surface area contributed by atoms with Crippen LogP contribution >= 0.6 is 0 Å². The summed E-state index contributed by atoms with van der Waals surface area (Å²) in [6.07, 6.45) is 4.39. The molecule has 0 radical (unpaired) electrons. The molecule has 4 nitrogen and oxygen atoms in total. The Bertz CT molecular complexity index is 223. The smallest absolute Gasteiger partial charge is 0.409 e. The number of nitrogens with zero attached hydrogens (tertiary/aromatic N) is 2. The Morgan fingerprint density at radius 1 is 1.27 bits per heavy atom. The molecule has 0 spiro atoms. The fraction of sp³-hybridized carbons (Fsp3) is 0.909. The molecular formula is C11H22N2O2. The minimum Gasteiger partial charge on any atom is -0.449 e.